The monoisotopic (exact) mass is 286 g/mol. The van der Waals surface area contributed by atoms with Crippen molar-refractivity contribution < 1.29 is 23.4 Å². The van der Waals surface area contributed by atoms with Crippen molar-refractivity contribution >= 4 is 11.6 Å². The van der Waals surface area contributed by atoms with Gasteiger partial charge in [-0.2, -0.15) is 8.78 Å². The minimum atomic E-state index is -3.81. The van der Waals surface area contributed by atoms with Gasteiger partial charge in [-0.05, 0) is 25.3 Å². The Morgan fingerprint density at radius 1 is 1.50 bits per heavy atom. The van der Waals surface area contributed by atoms with Crippen LogP contribution in [0.3, 0.4) is 0 Å². The summed E-state index contributed by atoms with van der Waals surface area (Å²) in [5, 5.41) is 9.75. The molecular formula is C13H16F2N2O3. The van der Waals surface area contributed by atoms with Crippen LogP contribution in [0.15, 0.2) is 18.3 Å². The molecule has 1 heterocycles. The van der Waals surface area contributed by atoms with Crippen LogP contribution in [0.4, 0.5) is 14.5 Å². The molecule has 1 aromatic heterocycles. The third-order valence-corrected chi connectivity index (χ3v) is 3.66. The molecule has 1 aliphatic carbocycles. The van der Waals surface area contributed by atoms with E-state index < -0.39 is 17.4 Å². The molecule has 0 bridgehead atoms. The molecule has 0 radical (unpaired) electrons. The van der Waals surface area contributed by atoms with Crippen molar-refractivity contribution in [1.29, 1.82) is 0 Å². The van der Waals surface area contributed by atoms with Gasteiger partial charge in [0.25, 0.3) is 5.91 Å². The van der Waals surface area contributed by atoms with Crippen LogP contribution < -0.4 is 9.64 Å². The average Bonchev–Trinajstić information content (AvgIpc) is 2.43. The summed E-state index contributed by atoms with van der Waals surface area (Å²) in [6, 6.07) is 2.92. The van der Waals surface area contributed by atoms with E-state index in [9.17, 15) is 18.7 Å². The fourth-order valence-corrected chi connectivity index (χ4v) is 2.04. The topological polar surface area (TPSA) is 62.7 Å². The first-order chi connectivity index (χ1) is 9.32. The van der Waals surface area contributed by atoms with E-state index in [-0.39, 0.29) is 18.5 Å². The first kappa shape index (κ1) is 14.6. The summed E-state index contributed by atoms with van der Waals surface area (Å²) in [7, 11) is 2.65. The SMILES string of the molecule is COc1ccc(N(C)C(=O)C(F)(F)C2(O)CCC2)cn1. The lowest BCUT2D eigenvalue weighted by Crippen LogP contribution is -2.61. The van der Waals surface area contributed by atoms with Gasteiger partial charge >= 0.3 is 5.92 Å². The van der Waals surface area contributed by atoms with Gasteiger partial charge in [0.2, 0.25) is 5.88 Å². The van der Waals surface area contributed by atoms with E-state index in [4.69, 9.17) is 4.74 Å². The Kier molecular flexibility index (Phi) is 3.64. The van der Waals surface area contributed by atoms with Crippen molar-refractivity contribution in [2.75, 3.05) is 19.1 Å². The number of rotatable bonds is 4. The number of pyridine rings is 1. The third kappa shape index (κ3) is 2.22. The predicted molar refractivity (Wildman–Crippen MR) is 67.9 cm³/mol. The number of methoxy groups -OCH3 is 1. The molecule has 110 valence electrons. The minimum absolute atomic E-state index is 0.0690. The quantitative estimate of drug-likeness (QED) is 0.913. The van der Waals surface area contributed by atoms with Crippen LogP contribution in [-0.2, 0) is 4.79 Å². The highest BCUT2D eigenvalue weighted by atomic mass is 19.3. The molecule has 1 aromatic rings. The van der Waals surface area contributed by atoms with Gasteiger partial charge in [-0.25, -0.2) is 4.98 Å². The number of aliphatic hydroxyl groups is 1. The largest absolute Gasteiger partial charge is 0.481 e. The fraction of sp³-hybridized carbons (Fsp3) is 0.538. The highest BCUT2D eigenvalue weighted by Crippen LogP contribution is 2.45. The minimum Gasteiger partial charge on any atom is -0.481 e. The molecule has 1 aliphatic rings. The molecule has 5 nitrogen and oxygen atoms in total. The van der Waals surface area contributed by atoms with Crippen LogP contribution in [0.25, 0.3) is 0 Å². The number of alkyl halides is 2. The Hall–Kier alpha value is -1.76. The first-order valence-electron chi connectivity index (χ1n) is 6.20. The summed E-state index contributed by atoms with van der Waals surface area (Å²) in [4.78, 5) is 16.6. The number of aromatic nitrogens is 1. The molecular weight excluding hydrogens is 270 g/mol. The molecule has 0 spiro atoms. The maximum Gasteiger partial charge on any atom is 0.352 e. The number of halogens is 2. The molecule has 1 saturated carbocycles. The van der Waals surface area contributed by atoms with Crippen LogP contribution >= 0.6 is 0 Å². The van der Waals surface area contributed by atoms with E-state index >= 15 is 0 Å². The highest BCUT2D eigenvalue weighted by Gasteiger charge is 2.62. The maximum absolute atomic E-state index is 14.0. The second-order valence-electron chi connectivity index (χ2n) is 4.88. The molecule has 20 heavy (non-hydrogen) atoms. The molecule has 7 heteroatoms. The summed E-state index contributed by atoms with van der Waals surface area (Å²) >= 11 is 0. The Balaban J connectivity index is 2.19. The Morgan fingerprint density at radius 2 is 2.15 bits per heavy atom. The smallest absolute Gasteiger partial charge is 0.352 e. The van der Waals surface area contributed by atoms with Gasteiger partial charge in [-0.1, -0.05) is 0 Å². The van der Waals surface area contributed by atoms with Crippen molar-refractivity contribution in [1.82, 2.24) is 4.98 Å². The average molecular weight is 286 g/mol. The van der Waals surface area contributed by atoms with Crippen LogP contribution in [0.2, 0.25) is 0 Å². The van der Waals surface area contributed by atoms with Crippen LogP contribution in [0, 0.1) is 0 Å². The van der Waals surface area contributed by atoms with Crippen LogP contribution in [0.1, 0.15) is 19.3 Å². The highest BCUT2D eigenvalue weighted by molar-refractivity contribution is 5.98. The van der Waals surface area contributed by atoms with Gasteiger partial charge in [-0.3, -0.25) is 4.79 Å². The molecule has 1 amide bonds. The van der Waals surface area contributed by atoms with Crippen molar-refractivity contribution in [2.24, 2.45) is 0 Å². The van der Waals surface area contributed by atoms with Crippen LogP contribution in [0.5, 0.6) is 5.88 Å². The van der Waals surface area contributed by atoms with Crippen molar-refractivity contribution in [3.8, 4) is 5.88 Å². The number of amides is 1. The maximum atomic E-state index is 14.0. The van der Waals surface area contributed by atoms with E-state index in [2.05, 4.69) is 4.98 Å². The van der Waals surface area contributed by atoms with E-state index in [1.807, 2.05) is 0 Å². The number of hydrogen-bond donors (Lipinski definition) is 1. The van der Waals surface area contributed by atoms with Gasteiger partial charge < -0.3 is 14.7 Å². The molecule has 2 rings (SSSR count). The summed E-state index contributed by atoms with van der Waals surface area (Å²) < 4.78 is 32.9. The van der Waals surface area contributed by atoms with E-state index in [0.29, 0.717) is 12.3 Å². The molecule has 0 atom stereocenters. The van der Waals surface area contributed by atoms with Gasteiger partial charge in [0, 0.05) is 13.1 Å². The molecule has 0 saturated heterocycles. The molecule has 0 aromatic carbocycles. The fourth-order valence-electron chi connectivity index (χ4n) is 2.04. The van der Waals surface area contributed by atoms with Gasteiger partial charge in [0.05, 0.1) is 19.0 Å². The van der Waals surface area contributed by atoms with E-state index in [0.717, 1.165) is 4.90 Å². The molecule has 0 unspecified atom stereocenters. The zero-order chi connectivity index (χ0) is 15.0. The lowest BCUT2D eigenvalue weighted by atomic mass is 9.75. The van der Waals surface area contributed by atoms with E-state index in [1.165, 1.54) is 32.5 Å². The molecule has 0 aliphatic heterocycles. The zero-order valence-electron chi connectivity index (χ0n) is 11.3. The van der Waals surface area contributed by atoms with Crippen molar-refractivity contribution in [3.63, 3.8) is 0 Å². The molecule has 1 fully saturated rings. The Labute approximate surface area is 115 Å². The second kappa shape index (κ2) is 4.97. The van der Waals surface area contributed by atoms with Gasteiger partial charge in [0.15, 0.2) is 0 Å². The zero-order valence-corrected chi connectivity index (χ0v) is 11.3. The summed E-state index contributed by atoms with van der Waals surface area (Å²) in [5.74, 6) is -4.93. The van der Waals surface area contributed by atoms with E-state index in [1.54, 1.807) is 0 Å². The number of carbonyl (C=O) groups is 1. The number of anilines is 1. The van der Waals surface area contributed by atoms with Crippen molar-refractivity contribution in [3.05, 3.63) is 18.3 Å². The number of ether oxygens (including phenoxy) is 1. The summed E-state index contributed by atoms with van der Waals surface area (Å²) in [6.07, 6.45) is 1.62. The number of nitrogens with zero attached hydrogens (tertiary/aromatic N) is 2. The number of hydrogen-bond acceptors (Lipinski definition) is 4. The lowest BCUT2D eigenvalue weighted by Gasteiger charge is -2.42. The van der Waals surface area contributed by atoms with Gasteiger partial charge in [-0.15, -0.1) is 0 Å². The van der Waals surface area contributed by atoms with Gasteiger partial charge in [0.1, 0.15) is 5.60 Å². The second-order valence-corrected chi connectivity index (χ2v) is 4.88. The lowest BCUT2D eigenvalue weighted by molar-refractivity contribution is -0.213. The summed E-state index contributed by atoms with van der Waals surface area (Å²) in [5.41, 5.74) is -2.02. The predicted octanol–water partition coefficient (Wildman–Crippen LogP) is 1.60. The molecule has 1 N–H and O–H groups in total. The Morgan fingerprint density at radius 3 is 2.55 bits per heavy atom. The third-order valence-electron chi connectivity index (χ3n) is 3.66. The first-order valence-corrected chi connectivity index (χ1v) is 6.20. The normalized spacial score (nSPS) is 17.2. The van der Waals surface area contributed by atoms with Crippen LogP contribution in [-0.4, -0.2) is 41.7 Å². The summed E-state index contributed by atoms with van der Waals surface area (Å²) in [6.45, 7) is 0. The van der Waals surface area contributed by atoms with Crippen molar-refractivity contribution in [2.45, 2.75) is 30.8 Å². The Bertz CT molecular complexity index is 501. The number of carbonyl (C=O) groups excluding carboxylic acids is 1. The standard InChI is InChI=1S/C13H16F2N2O3/c1-17(9-4-5-10(20-2)16-8-9)11(18)13(14,15)12(19)6-3-7-12/h4-5,8,19H,3,6-7H2,1-2H3.